The Hall–Kier alpha value is -14.3. The van der Waals surface area contributed by atoms with E-state index < -0.39 is 107 Å². The van der Waals surface area contributed by atoms with Gasteiger partial charge in [-0.15, -0.1) is 0 Å². The van der Waals surface area contributed by atoms with E-state index in [0.29, 0.717) is 35.6 Å². The first kappa shape index (κ1) is 98.6. The highest BCUT2D eigenvalue weighted by atomic mass is 35.5. The molecule has 0 saturated carbocycles. The van der Waals surface area contributed by atoms with E-state index in [1.807, 2.05) is 0 Å². The Morgan fingerprint density at radius 1 is 0.379 bits per heavy atom. The summed E-state index contributed by atoms with van der Waals surface area (Å²) >= 11 is 5.67. The molecular weight excluding hydrogens is 1670 g/mol. The highest BCUT2D eigenvalue weighted by molar-refractivity contribution is 6.29. The highest BCUT2D eigenvalue weighted by Gasteiger charge is 2.38. The lowest BCUT2D eigenvalue weighted by Crippen LogP contribution is -2.42. The van der Waals surface area contributed by atoms with E-state index in [2.05, 4.69) is 73.4 Å². The summed E-state index contributed by atoms with van der Waals surface area (Å²) in [6.07, 6.45) is -16.2. The van der Waals surface area contributed by atoms with E-state index in [1.165, 1.54) is 184 Å². The largest absolute Gasteiger partial charge is 0.495 e. The molecule has 3 aromatic heterocycles. The molecule has 9 aromatic rings. The Balaban J connectivity index is 0.000000268. The van der Waals surface area contributed by atoms with Gasteiger partial charge >= 0.3 is 18.5 Å². The molecule has 9 rings (SSSR count). The van der Waals surface area contributed by atoms with Crippen molar-refractivity contribution < 1.29 is 112 Å². The van der Waals surface area contributed by atoms with E-state index in [-0.39, 0.29) is 121 Å². The van der Waals surface area contributed by atoms with Gasteiger partial charge in [0.15, 0.2) is 0 Å². The van der Waals surface area contributed by atoms with Gasteiger partial charge in [-0.3, -0.25) is 43.2 Å². The predicted molar refractivity (Wildman–Crippen MR) is 443 cm³/mol. The fourth-order valence-corrected chi connectivity index (χ4v) is 10.9. The maximum atomic E-state index is 13.8. The molecule has 0 radical (unpaired) electrons. The third-order valence-corrected chi connectivity index (χ3v) is 17.3. The number of anilines is 11. The topological polar surface area (TPSA) is 449 Å². The van der Waals surface area contributed by atoms with Gasteiger partial charge in [0.2, 0.25) is 0 Å². The fourth-order valence-electron chi connectivity index (χ4n) is 10.7. The molecule has 3 atom stereocenters. The van der Waals surface area contributed by atoms with Crippen LogP contribution in [0.5, 0.6) is 17.2 Å². The summed E-state index contributed by atoms with van der Waals surface area (Å²) in [6.45, 7) is -0.790. The van der Waals surface area contributed by atoms with Crippen molar-refractivity contribution >= 4 is 128 Å². The molecule has 0 fully saturated rings. The van der Waals surface area contributed by atoms with Crippen molar-refractivity contribution in [3.05, 3.63) is 219 Å². The Morgan fingerprint density at radius 2 is 0.661 bits per heavy atom. The number of alkyl halides is 9. The molecule has 124 heavy (non-hydrogen) atoms. The number of methoxy groups -OCH3 is 3. The van der Waals surface area contributed by atoms with E-state index >= 15 is 0 Å². The first-order chi connectivity index (χ1) is 58.4. The van der Waals surface area contributed by atoms with Gasteiger partial charge < -0.3 is 108 Å². The van der Waals surface area contributed by atoms with Gasteiger partial charge in [-0.2, -0.15) is 39.5 Å². The minimum atomic E-state index is -4.74. The number of rotatable bonds is 28. The van der Waals surface area contributed by atoms with Crippen LogP contribution in [0.3, 0.4) is 0 Å². The minimum Gasteiger partial charge on any atom is -0.495 e. The number of nitrogens with two attached hydrogens (primary N) is 1. The van der Waals surface area contributed by atoms with Crippen LogP contribution >= 0.6 is 11.6 Å². The maximum Gasteiger partial charge on any atom is 0.419 e. The number of benzene rings is 6. The van der Waals surface area contributed by atoms with Crippen LogP contribution in [0.15, 0.2) is 164 Å². The molecule has 0 aliphatic heterocycles. The second kappa shape index (κ2) is 44.9. The smallest absolute Gasteiger partial charge is 0.419 e. The number of nitrogens with one attached hydrogen (secondary N) is 11. The molecule has 0 unspecified atom stereocenters. The summed E-state index contributed by atoms with van der Waals surface area (Å²) in [7, 11) is 17.3. The molecule has 0 bridgehead atoms. The zero-order valence-electron chi connectivity index (χ0n) is 68.2. The van der Waals surface area contributed by atoms with Crippen molar-refractivity contribution in [2.24, 2.45) is 0 Å². The predicted octanol–water partition coefficient (Wildman–Crippen LogP) is 9.58. The Bertz CT molecular complexity index is 5090. The maximum absolute atomic E-state index is 13.8. The molecule has 0 aliphatic carbocycles. The van der Waals surface area contributed by atoms with Crippen LogP contribution in [-0.2, 0) is 32.9 Å². The normalized spacial score (nSPS) is 11.6. The number of likely N-dealkylation sites (N-methyl/N-ethyl adjacent to an activating group) is 3. The number of aliphatic hydroxyl groups excluding tert-OH is 3. The number of halogens is 10. The highest BCUT2D eigenvalue weighted by Crippen LogP contribution is 2.42. The molecular formula is C81H88ClF9N18O15. The molecule has 16 N–H and O–H groups in total. The summed E-state index contributed by atoms with van der Waals surface area (Å²) in [5, 5.41) is 57.7. The molecule has 9 amide bonds. The molecule has 0 aliphatic rings. The molecule has 33 nitrogen and oxygen atoms in total. The van der Waals surface area contributed by atoms with E-state index in [4.69, 9.17) is 31.5 Å². The van der Waals surface area contributed by atoms with Crippen LogP contribution in [0.1, 0.15) is 78.8 Å². The summed E-state index contributed by atoms with van der Waals surface area (Å²) in [6, 6.07) is 34.8. The first-order valence-electron chi connectivity index (χ1n) is 36.4. The third kappa shape index (κ3) is 27.9. The number of nitrogen functional groups attached to an aromatic ring is 1. The second-order valence-electron chi connectivity index (χ2n) is 26.4. The SMILES string of the molecule is CNC(=O)c1ccccc1Nc1cc(Cl)ncc1C(F)(F)F.CNC(=O)c1ccccc1Nc1cc(Nc2ccc(C(=O)NC[C@H](O)C(=O)N(C)C)cc2OC)ncc1C(F)(F)F.CNC(=O)c1ccccc1Nc1cc(Nc2ccc(C(=O)NC[C@H](O)C(=O)N(C)C)cc2OC)ncc1C(F)(F)F.COc1cc(C(=O)NC[C@H](O)C(=O)N(C)C)ccc1N. The summed E-state index contributed by atoms with van der Waals surface area (Å²) in [4.78, 5) is 123. The van der Waals surface area contributed by atoms with Crippen LogP contribution in [0, 0.1) is 0 Å². The summed E-state index contributed by atoms with van der Waals surface area (Å²) in [5.41, 5.74) is 4.25. The van der Waals surface area contributed by atoms with Crippen LogP contribution < -0.4 is 78.4 Å². The zero-order chi connectivity index (χ0) is 92.3. The molecule has 3 heterocycles. The Labute approximate surface area is 708 Å². The average Bonchev–Trinajstić information content (AvgIpc) is 0.800. The summed E-state index contributed by atoms with van der Waals surface area (Å²) in [5.74, 6) is -3.85. The van der Waals surface area contributed by atoms with Gasteiger partial charge in [0.1, 0.15) is 52.3 Å². The van der Waals surface area contributed by atoms with Gasteiger partial charge in [-0.05, 0) is 97.1 Å². The number of para-hydroxylation sites is 3. The van der Waals surface area contributed by atoms with Gasteiger partial charge in [0.25, 0.3) is 53.2 Å². The van der Waals surface area contributed by atoms with E-state index in [9.17, 15) is 98.0 Å². The summed E-state index contributed by atoms with van der Waals surface area (Å²) < 4.78 is 137. The van der Waals surface area contributed by atoms with Crippen molar-refractivity contribution in [3.63, 3.8) is 0 Å². The lowest BCUT2D eigenvalue weighted by atomic mass is 10.1. The van der Waals surface area contributed by atoms with Crippen molar-refractivity contribution in [2.45, 2.75) is 36.8 Å². The lowest BCUT2D eigenvalue weighted by molar-refractivity contribution is -0.138. The zero-order valence-corrected chi connectivity index (χ0v) is 69.0. The molecule has 662 valence electrons. The number of carbonyl (C=O) groups is 9. The number of ether oxygens (including phenoxy) is 3. The number of amides is 9. The fraction of sp³-hybridized carbons (Fsp3) is 0.259. The van der Waals surface area contributed by atoms with Crippen molar-refractivity contribution in [1.29, 1.82) is 0 Å². The molecule has 0 saturated heterocycles. The number of aliphatic hydroxyl groups is 3. The molecule has 43 heteroatoms. The minimum absolute atomic E-state index is 0.0127. The van der Waals surface area contributed by atoms with Crippen molar-refractivity contribution in [1.82, 2.24) is 61.6 Å². The third-order valence-electron chi connectivity index (χ3n) is 17.1. The number of hydrogen-bond acceptors (Lipinski definition) is 24. The lowest BCUT2D eigenvalue weighted by Gasteiger charge is -2.18. The number of nitrogens with zero attached hydrogens (tertiary/aromatic N) is 6. The van der Waals surface area contributed by atoms with Crippen molar-refractivity contribution in [2.75, 3.05) is 137 Å². The van der Waals surface area contributed by atoms with Crippen LogP contribution in [0.25, 0.3) is 0 Å². The van der Waals surface area contributed by atoms with Gasteiger partial charge in [-0.1, -0.05) is 48.0 Å². The quantitative estimate of drug-likeness (QED) is 0.0123. The number of pyridine rings is 3. The molecule has 6 aromatic carbocycles. The van der Waals surface area contributed by atoms with E-state index in [0.717, 1.165) is 18.2 Å². The van der Waals surface area contributed by atoms with Crippen LogP contribution in [0.2, 0.25) is 5.15 Å². The molecule has 0 spiro atoms. The van der Waals surface area contributed by atoms with Gasteiger partial charge in [-0.25, -0.2) is 15.0 Å². The Morgan fingerprint density at radius 3 is 0.952 bits per heavy atom. The Kier molecular flexibility index (Phi) is 35.7. The van der Waals surface area contributed by atoms with Gasteiger partial charge in [0.05, 0.1) is 126 Å². The number of hydrogen-bond donors (Lipinski definition) is 15. The van der Waals surface area contributed by atoms with E-state index in [1.54, 1.807) is 42.5 Å². The standard InChI is InChI=1S/2C27H29F3N6O5.C14H11ClF3N3O.C13H19N3O4/c2*1-31-25(39)16-7-5-6-8-18(16)34-20-12-23(32-13-17(20)27(28,29)30)35-19-10-9-15(11-22(19)41-4)24(38)33-14-21(37)26(40)36(2)3;1-19-13(22)8-4-2-3-5-10(8)21-11-6-12(15)20-7-9(11)14(16,17)18;1-16(2)13(19)10(17)7-15-12(18)8-4-5-9(14)11(6-8)20-3/h2*5-13,21,37H,14H2,1-4H3,(H,31,39)(H,33,38)(H2,32,34,35);2-7H,1H3,(H,19,22)(H,20,21);4-6,10,17H,7,14H2,1-3H3,(H,15,18)/t2*21-;;10-/m00.0/s1. The van der Waals surface area contributed by atoms with Crippen LogP contribution in [0.4, 0.5) is 102 Å². The number of aromatic nitrogens is 3. The monoisotopic (exact) mass is 1760 g/mol. The number of carbonyl (C=O) groups excluding carboxylic acids is 9. The van der Waals surface area contributed by atoms with Crippen LogP contribution in [-0.4, -0.2) is 221 Å². The second-order valence-corrected chi connectivity index (χ2v) is 26.8. The van der Waals surface area contributed by atoms with Gasteiger partial charge in [0, 0.05) is 111 Å². The average molecular weight is 1760 g/mol. The first-order valence-corrected chi connectivity index (χ1v) is 36.8. The van der Waals surface area contributed by atoms with Crippen molar-refractivity contribution in [3.8, 4) is 17.2 Å².